The minimum absolute atomic E-state index is 0.157. The van der Waals surface area contributed by atoms with Crippen molar-refractivity contribution >= 4 is 0 Å². The van der Waals surface area contributed by atoms with Crippen LogP contribution in [0.1, 0.15) is 5.69 Å². The fourth-order valence-corrected chi connectivity index (χ4v) is 1.84. The molecule has 0 bridgehead atoms. The van der Waals surface area contributed by atoms with Crippen LogP contribution in [0.3, 0.4) is 0 Å². The van der Waals surface area contributed by atoms with Crippen molar-refractivity contribution in [3.63, 3.8) is 0 Å². The topological polar surface area (TPSA) is 68.4 Å². The maximum atomic E-state index is 9.38. The summed E-state index contributed by atoms with van der Waals surface area (Å²) in [6.45, 7) is 0.219. The summed E-state index contributed by atoms with van der Waals surface area (Å²) in [5.74, 6) is 0.719. The van der Waals surface area contributed by atoms with Gasteiger partial charge in [0.25, 0.3) is 0 Å². The second-order valence-electron chi connectivity index (χ2n) is 4.21. The Labute approximate surface area is 115 Å². The molecule has 0 radical (unpaired) electrons. The molecule has 1 aromatic heterocycles. The fraction of sp³-hybridized carbons (Fsp3) is 0.0667. The number of ether oxygens (including phenoxy) is 1. The van der Waals surface area contributed by atoms with E-state index in [2.05, 4.69) is 10.3 Å². The molecule has 0 aliphatic rings. The molecule has 0 aliphatic carbocycles. The molecule has 0 spiro atoms. The second kappa shape index (κ2) is 5.44. The molecule has 0 saturated carbocycles. The van der Waals surface area contributed by atoms with Gasteiger partial charge >= 0.3 is 0 Å². The molecule has 3 rings (SSSR count). The lowest BCUT2D eigenvalue weighted by molar-refractivity contribution is 0.269. The Bertz CT molecular complexity index is 695. The average molecular weight is 268 g/mol. The van der Waals surface area contributed by atoms with E-state index in [1.165, 1.54) is 6.07 Å². The molecule has 0 amide bonds. The van der Waals surface area contributed by atoms with Gasteiger partial charge in [-0.2, -0.15) is 0 Å². The van der Waals surface area contributed by atoms with Gasteiger partial charge in [-0.3, -0.25) is 0 Å². The van der Waals surface area contributed by atoms with E-state index in [4.69, 9.17) is 9.37 Å². The SMILES string of the molecule is Oc1cccc(OCc2nonc2-c2ccccc2)c1. The fourth-order valence-electron chi connectivity index (χ4n) is 1.84. The van der Waals surface area contributed by atoms with Crippen LogP contribution >= 0.6 is 0 Å². The number of aromatic nitrogens is 2. The molecule has 0 fully saturated rings. The number of rotatable bonds is 4. The van der Waals surface area contributed by atoms with Crippen LogP contribution in [-0.4, -0.2) is 15.4 Å². The van der Waals surface area contributed by atoms with Crippen LogP contribution in [0.2, 0.25) is 0 Å². The smallest absolute Gasteiger partial charge is 0.150 e. The van der Waals surface area contributed by atoms with Gasteiger partial charge in [-0.1, -0.05) is 41.6 Å². The van der Waals surface area contributed by atoms with Gasteiger partial charge in [0.1, 0.15) is 29.5 Å². The molecule has 1 N–H and O–H groups in total. The first-order chi connectivity index (χ1) is 9.83. The zero-order chi connectivity index (χ0) is 13.8. The highest BCUT2D eigenvalue weighted by molar-refractivity contribution is 5.60. The van der Waals surface area contributed by atoms with Gasteiger partial charge < -0.3 is 9.84 Å². The Kier molecular flexibility index (Phi) is 3.33. The first-order valence-corrected chi connectivity index (χ1v) is 6.11. The molecule has 100 valence electrons. The Balaban J connectivity index is 1.78. The van der Waals surface area contributed by atoms with Crippen LogP contribution in [0.25, 0.3) is 11.3 Å². The monoisotopic (exact) mass is 268 g/mol. The summed E-state index contributed by atoms with van der Waals surface area (Å²) in [7, 11) is 0. The van der Waals surface area contributed by atoms with Gasteiger partial charge in [0.2, 0.25) is 0 Å². The van der Waals surface area contributed by atoms with E-state index >= 15 is 0 Å². The van der Waals surface area contributed by atoms with Gasteiger partial charge in [-0.15, -0.1) is 0 Å². The first-order valence-electron chi connectivity index (χ1n) is 6.11. The summed E-state index contributed by atoms with van der Waals surface area (Å²) in [5.41, 5.74) is 2.19. The van der Waals surface area contributed by atoms with Crippen molar-refractivity contribution in [1.29, 1.82) is 0 Å². The lowest BCUT2D eigenvalue weighted by Gasteiger charge is -2.05. The standard InChI is InChI=1S/C15H12N2O3/c18-12-7-4-8-13(9-12)19-10-14-15(17-20-16-14)11-5-2-1-3-6-11/h1-9,18H,10H2. The Morgan fingerprint density at radius 2 is 1.85 bits per heavy atom. The number of nitrogens with zero attached hydrogens (tertiary/aromatic N) is 2. The molecule has 1 heterocycles. The van der Waals surface area contributed by atoms with Crippen molar-refractivity contribution in [2.24, 2.45) is 0 Å². The van der Waals surface area contributed by atoms with Crippen LogP contribution in [0.5, 0.6) is 11.5 Å². The van der Waals surface area contributed by atoms with E-state index < -0.39 is 0 Å². The van der Waals surface area contributed by atoms with Crippen molar-refractivity contribution in [2.75, 3.05) is 0 Å². The van der Waals surface area contributed by atoms with Crippen molar-refractivity contribution in [1.82, 2.24) is 10.3 Å². The summed E-state index contributed by atoms with van der Waals surface area (Å²) in [6.07, 6.45) is 0. The quantitative estimate of drug-likeness (QED) is 0.787. The molecule has 5 heteroatoms. The number of phenols is 1. The largest absolute Gasteiger partial charge is 0.508 e. The highest BCUT2D eigenvalue weighted by atomic mass is 16.6. The number of aromatic hydroxyl groups is 1. The molecule has 0 saturated heterocycles. The molecule has 2 aromatic carbocycles. The summed E-state index contributed by atoms with van der Waals surface area (Å²) in [5, 5.41) is 17.1. The predicted octanol–water partition coefficient (Wildman–Crippen LogP) is 3.02. The van der Waals surface area contributed by atoms with Crippen LogP contribution in [0.4, 0.5) is 0 Å². The van der Waals surface area contributed by atoms with Gasteiger partial charge in [-0.25, -0.2) is 4.63 Å². The lowest BCUT2D eigenvalue weighted by atomic mass is 10.1. The van der Waals surface area contributed by atoms with Crippen LogP contribution in [0, 0.1) is 0 Å². The van der Waals surface area contributed by atoms with Crippen molar-refractivity contribution in [3.05, 3.63) is 60.3 Å². The molecule has 20 heavy (non-hydrogen) atoms. The predicted molar refractivity (Wildman–Crippen MR) is 72.2 cm³/mol. The maximum absolute atomic E-state index is 9.38. The molecule has 0 unspecified atom stereocenters. The summed E-state index contributed by atoms with van der Waals surface area (Å²) in [6, 6.07) is 16.2. The Morgan fingerprint density at radius 1 is 1.00 bits per heavy atom. The highest BCUT2D eigenvalue weighted by Gasteiger charge is 2.12. The molecular weight excluding hydrogens is 256 g/mol. The Hall–Kier alpha value is -2.82. The van der Waals surface area contributed by atoms with Gasteiger partial charge in [0.05, 0.1) is 0 Å². The molecule has 5 nitrogen and oxygen atoms in total. The average Bonchev–Trinajstić information content (AvgIpc) is 2.95. The van der Waals surface area contributed by atoms with Crippen LogP contribution in [0.15, 0.2) is 59.2 Å². The third-order valence-electron chi connectivity index (χ3n) is 2.80. The van der Waals surface area contributed by atoms with Crippen LogP contribution < -0.4 is 4.74 Å². The minimum atomic E-state index is 0.157. The normalized spacial score (nSPS) is 10.4. The zero-order valence-electron chi connectivity index (χ0n) is 10.6. The van der Waals surface area contributed by atoms with Gasteiger partial charge in [-0.05, 0) is 17.3 Å². The molecular formula is C15H12N2O3. The third kappa shape index (κ3) is 2.61. The molecule has 0 aliphatic heterocycles. The first kappa shape index (κ1) is 12.2. The van der Waals surface area contributed by atoms with Gasteiger partial charge in [0, 0.05) is 11.6 Å². The number of benzene rings is 2. The minimum Gasteiger partial charge on any atom is -0.508 e. The maximum Gasteiger partial charge on any atom is 0.150 e. The van der Waals surface area contributed by atoms with E-state index in [-0.39, 0.29) is 12.4 Å². The summed E-state index contributed by atoms with van der Waals surface area (Å²) < 4.78 is 10.4. The van der Waals surface area contributed by atoms with Crippen LogP contribution in [-0.2, 0) is 6.61 Å². The summed E-state index contributed by atoms with van der Waals surface area (Å²) in [4.78, 5) is 0. The van der Waals surface area contributed by atoms with E-state index in [0.29, 0.717) is 17.1 Å². The number of hydrogen-bond acceptors (Lipinski definition) is 5. The lowest BCUT2D eigenvalue weighted by Crippen LogP contribution is -1.97. The molecule has 0 atom stereocenters. The zero-order valence-corrected chi connectivity index (χ0v) is 10.6. The molecule has 3 aromatic rings. The highest BCUT2D eigenvalue weighted by Crippen LogP contribution is 2.23. The second-order valence-corrected chi connectivity index (χ2v) is 4.21. The number of phenolic OH excluding ortho intramolecular Hbond substituents is 1. The van der Waals surface area contributed by atoms with E-state index in [1.54, 1.807) is 18.2 Å². The van der Waals surface area contributed by atoms with E-state index in [9.17, 15) is 5.11 Å². The van der Waals surface area contributed by atoms with Crippen molar-refractivity contribution < 1.29 is 14.5 Å². The third-order valence-corrected chi connectivity index (χ3v) is 2.80. The van der Waals surface area contributed by atoms with Crippen molar-refractivity contribution in [3.8, 4) is 22.8 Å². The van der Waals surface area contributed by atoms with E-state index in [1.807, 2.05) is 30.3 Å². The number of hydrogen-bond donors (Lipinski definition) is 1. The summed E-state index contributed by atoms with van der Waals surface area (Å²) >= 11 is 0. The van der Waals surface area contributed by atoms with Crippen molar-refractivity contribution in [2.45, 2.75) is 6.61 Å². The van der Waals surface area contributed by atoms with E-state index in [0.717, 1.165) is 5.56 Å². The Morgan fingerprint density at radius 3 is 2.65 bits per heavy atom. The van der Waals surface area contributed by atoms with Gasteiger partial charge in [0.15, 0.2) is 0 Å².